The molecule has 0 saturated carbocycles. The molecule has 6 heteroatoms. The van der Waals surface area contributed by atoms with Gasteiger partial charge >= 0.3 is 0 Å². The van der Waals surface area contributed by atoms with Crippen LogP contribution in [0.4, 0.5) is 0 Å². The molecule has 140 valence electrons. The van der Waals surface area contributed by atoms with E-state index in [1.807, 2.05) is 35.5 Å². The van der Waals surface area contributed by atoms with Crippen LogP contribution in [-0.2, 0) is 11.3 Å². The van der Waals surface area contributed by atoms with Crippen LogP contribution in [0.25, 0.3) is 22.0 Å². The summed E-state index contributed by atoms with van der Waals surface area (Å²) in [6, 6.07) is 14.8. The van der Waals surface area contributed by atoms with E-state index in [-0.39, 0.29) is 11.4 Å². The molecule has 1 atom stereocenters. The lowest BCUT2D eigenvalue weighted by atomic mass is 9.93. The third kappa shape index (κ3) is 2.92. The number of likely N-dealkylation sites (tertiary alicyclic amines) is 1. The smallest absolute Gasteiger partial charge is 0.252 e. The Bertz CT molecular complexity index is 1150. The zero-order valence-corrected chi connectivity index (χ0v) is 17.6. The number of dihydropyridines is 1. The van der Waals surface area contributed by atoms with Gasteiger partial charge in [0.15, 0.2) is 0 Å². The van der Waals surface area contributed by atoms with Crippen LogP contribution < -0.4 is 5.32 Å². The maximum atomic E-state index is 12.7. The number of nitrogens with one attached hydrogen (secondary N) is 1. The first-order valence-corrected chi connectivity index (χ1v) is 10.2. The number of fused-ring (bicyclic) bond motifs is 2. The maximum absolute atomic E-state index is 12.7. The molecule has 1 saturated heterocycles. The van der Waals surface area contributed by atoms with Crippen molar-refractivity contribution in [3.8, 4) is 11.1 Å². The minimum Gasteiger partial charge on any atom is -0.380 e. The first kappa shape index (κ1) is 17.5. The van der Waals surface area contributed by atoms with E-state index >= 15 is 0 Å². The number of nitrogens with zero attached hydrogens (tertiary/aromatic N) is 3. The molecular weight excluding hydrogens is 463 g/mol. The van der Waals surface area contributed by atoms with E-state index in [9.17, 15) is 4.79 Å². The standard InChI is InChI=1S/C22H19IN4O/c1-22-14-26(21(28)19(22)3-2-10-24-22)12-15-4-6-16(7-5-15)17-8-9-20-18(11-17)13-27(23)25-20/h2-11,13,24H,12,14H2,1H3. The summed E-state index contributed by atoms with van der Waals surface area (Å²) in [5, 5.41) is 8.87. The second-order valence-electron chi connectivity index (χ2n) is 7.57. The molecule has 2 aromatic carbocycles. The Morgan fingerprint density at radius 2 is 1.96 bits per heavy atom. The first-order chi connectivity index (χ1) is 13.5. The Balaban J connectivity index is 1.36. The highest BCUT2D eigenvalue weighted by atomic mass is 127. The second kappa shape index (κ2) is 6.48. The number of halogens is 1. The number of carbonyl (C=O) groups excluding carboxylic acids is 1. The fourth-order valence-electron chi connectivity index (χ4n) is 4.03. The summed E-state index contributed by atoms with van der Waals surface area (Å²) in [4.78, 5) is 14.7. The zero-order valence-electron chi connectivity index (χ0n) is 15.4. The average molecular weight is 482 g/mol. The SMILES string of the molecule is CC12CN(Cc3ccc(-c4ccc5nn(I)cc5c4)cc3)C(=O)C1=CC=CN2. The molecule has 5 rings (SSSR count). The Morgan fingerprint density at radius 1 is 1.18 bits per heavy atom. The summed E-state index contributed by atoms with van der Waals surface area (Å²) >= 11 is 2.16. The van der Waals surface area contributed by atoms with E-state index in [0.717, 1.165) is 27.6 Å². The minimum absolute atomic E-state index is 0.115. The van der Waals surface area contributed by atoms with Crippen molar-refractivity contribution in [3.63, 3.8) is 0 Å². The number of hydrogen-bond acceptors (Lipinski definition) is 3. The number of carbonyl (C=O) groups is 1. The van der Waals surface area contributed by atoms with Crippen molar-refractivity contribution < 1.29 is 4.79 Å². The van der Waals surface area contributed by atoms with E-state index in [4.69, 9.17) is 0 Å². The van der Waals surface area contributed by atoms with Gasteiger partial charge in [-0.1, -0.05) is 30.3 Å². The van der Waals surface area contributed by atoms with E-state index in [0.29, 0.717) is 13.1 Å². The van der Waals surface area contributed by atoms with Crippen molar-refractivity contribution in [3.05, 3.63) is 78.1 Å². The quantitative estimate of drug-likeness (QED) is 0.574. The summed E-state index contributed by atoms with van der Waals surface area (Å²) in [6.07, 6.45) is 7.75. The topological polar surface area (TPSA) is 50.2 Å². The summed E-state index contributed by atoms with van der Waals surface area (Å²) in [5.74, 6) is 0.115. The van der Waals surface area contributed by atoms with Gasteiger partial charge in [0.25, 0.3) is 5.91 Å². The number of aromatic nitrogens is 2. The van der Waals surface area contributed by atoms with Crippen LogP contribution in [-0.4, -0.2) is 30.9 Å². The van der Waals surface area contributed by atoms with Crippen molar-refractivity contribution >= 4 is 39.7 Å². The summed E-state index contributed by atoms with van der Waals surface area (Å²) in [5.41, 5.74) is 5.01. The molecule has 28 heavy (non-hydrogen) atoms. The monoisotopic (exact) mass is 482 g/mol. The predicted octanol–water partition coefficient (Wildman–Crippen LogP) is 4.05. The molecule has 1 aromatic heterocycles. The molecule has 1 amide bonds. The number of rotatable bonds is 3. The maximum Gasteiger partial charge on any atom is 0.252 e. The van der Waals surface area contributed by atoms with Crippen LogP contribution in [0.2, 0.25) is 0 Å². The lowest BCUT2D eigenvalue weighted by Gasteiger charge is -2.27. The zero-order chi connectivity index (χ0) is 19.3. The Kier molecular flexibility index (Phi) is 4.04. The molecule has 3 aromatic rings. The molecule has 2 aliphatic heterocycles. The third-order valence-corrected chi connectivity index (χ3v) is 6.01. The first-order valence-electron chi connectivity index (χ1n) is 9.21. The van der Waals surface area contributed by atoms with Crippen LogP contribution in [0, 0.1) is 0 Å². The van der Waals surface area contributed by atoms with E-state index in [2.05, 4.69) is 76.6 Å². The summed E-state index contributed by atoms with van der Waals surface area (Å²) in [6.45, 7) is 3.38. The predicted molar refractivity (Wildman–Crippen MR) is 119 cm³/mol. The van der Waals surface area contributed by atoms with E-state index in [1.54, 1.807) is 2.90 Å². The van der Waals surface area contributed by atoms with Gasteiger partial charge in [0.2, 0.25) is 0 Å². The Morgan fingerprint density at radius 3 is 2.75 bits per heavy atom. The second-order valence-corrected chi connectivity index (χ2v) is 8.55. The summed E-state index contributed by atoms with van der Waals surface area (Å²) < 4.78 is 1.81. The third-order valence-electron chi connectivity index (χ3n) is 5.52. The van der Waals surface area contributed by atoms with Crippen molar-refractivity contribution in [2.45, 2.75) is 19.0 Å². The van der Waals surface area contributed by atoms with Gasteiger partial charge in [0.1, 0.15) is 0 Å². The molecule has 1 fully saturated rings. The van der Waals surface area contributed by atoms with Crippen LogP contribution in [0.1, 0.15) is 12.5 Å². The highest BCUT2D eigenvalue weighted by molar-refractivity contribution is 14.1. The van der Waals surface area contributed by atoms with Gasteiger partial charge in [-0.2, -0.15) is 5.10 Å². The van der Waals surface area contributed by atoms with Gasteiger partial charge in [-0.05, 0) is 54.1 Å². The number of amides is 1. The number of benzene rings is 2. The lowest BCUT2D eigenvalue weighted by molar-refractivity contribution is -0.125. The van der Waals surface area contributed by atoms with Crippen LogP contribution >= 0.6 is 22.9 Å². The normalized spacial score (nSPS) is 21.0. The molecule has 0 spiro atoms. The Hall–Kier alpha value is -2.61. The van der Waals surface area contributed by atoms with Gasteiger partial charge in [0.05, 0.1) is 33.9 Å². The molecule has 0 bridgehead atoms. The highest BCUT2D eigenvalue weighted by Crippen LogP contribution is 2.31. The number of allylic oxidation sites excluding steroid dienone is 2. The lowest BCUT2D eigenvalue weighted by Crippen LogP contribution is -2.43. The fourth-order valence-corrected chi connectivity index (χ4v) is 4.56. The Labute approximate surface area is 177 Å². The van der Waals surface area contributed by atoms with Gasteiger partial charge < -0.3 is 10.2 Å². The van der Waals surface area contributed by atoms with Gasteiger partial charge in [-0.15, -0.1) is 0 Å². The van der Waals surface area contributed by atoms with Crippen LogP contribution in [0.3, 0.4) is 0 Å². The van der Waals surface area contributed by atoms with E-state index in [1.165, 1.54) is 5.56 Å². The van der Waals surface area contributed by atoms with E-state index < -0.39 is 0 Å². The fraction of sp³-hybridized carbons (Fsp3) is 0.182. The minimum atomic E-state index is -0.287. The molecule has 1 unspecified atom stereocenters. The number of hydrogen-bond donors (Lipinski definition) is 1. The molecular formula is C22H19IN4O. The van der Waals surface area contributed by atoms with Crippen molar-refractivity contribution in [2.75, 3.05) is 6.54 Å². The average Bonchev–Trinajstić information content (AvgIpc) is 3.18. The molecule has 0 aliphatic carbocycles. The van der Waals surface area contributed by atoms with Gasteiger partial charge in [-0.25, -0.2) is 2.90 Å². The molecule has 1 N–H and O–H groups in total. The molecule has 5 nitrogen and oxygen atoms in total. The van der Waals surface area contributed by atoms with Crippen LogP contribution in [0.15, 0.2) is 72.6 Å². The van der Waals surface area contributed by atoms with Gasteiger partial charge in [0, 0.05) is 30.2 Å². The molecule has 2 aliphatic rings. The van der Waals surface area contributed by atoms with Crippen LogP contribution in [0.5, 0.6) is 0 Å². The molecule has 0 radical (unpaired) electrons. The van der Waals surface area contributed by atoms with Gasteiger partial charge in [-0.3, -0.25) is 4.79 Å². The largest absolute Gasteiger partial charge is 0.380 e. The van der Waals surface area contributed by atoms with Crippen molar-refractivity contribution in [2.24, 2.45) is 0 Å². The van der Waals surface area contributed by atoms with Crippen molar-refractivity contribution in [1.82, 2.24) is 18.2 Å². The molecule has 3 heterocycles. The summed E-state index contributed by atoms with van der Waals surface area (Å²) in [7, 11) is 0. The highest BCUT2D eigenvalue weighted by Gasteiger charge is 2.44. The van der Waals surface area contributed by atoms with Crippen molar-refractivity contribution in [1.29, 1.82) is 0 Å².